The molecule has 0 amide bonds. The molecule has 0 bridgehead atoms. The summed E-state index contributed by atoms with van der Waals surface area (Å²) in [5, 5.41) is -0.469. The Balaban J connectivity index is 1.92. The highest BCUT2D eigenvalue weighted by atomic mass is 19.2. The Morgan fingerprint density at radius 2 is 1.58 bits per heavy atom. The molecule has 0 nitrogen and oxygen atoms in total. The van der Waals surface area contributed by atoms with E-state index in [1.54, 1.807) is 0 Å². The third kappa shape index (κ3) is 5.12. The highest BCUT2D eigenvalue weighted by Gasteiger charge is 2.28. The van der Waals surface area contributed by atoms with Gasteiger partial charge in [-0.2, -0.15) is 0 Å². The molecule has 0 spiro atoms. The standard InChI is InChI=1S/C26H31F5/c1-3-5-6-8-19-15-18-13-14-20(24(29)21(18)26(31)23(19)28)25(30)22(27)17-11-9-16(7-4-2)10-12-17/h13-17H,3-12H2,1-2H3. The summed E-state index contributed by atoms with van der Waals surface area (Å²) < 4.78 is 74.0. The summed E-state index contributed by atoms with van der Waals surface area (Å²) in [6, 6.07) is 3.87. The first-order valence-electron chi connectivity index (χ1n) is 11.5. The minimum atomic E-state index is -1.34. The van der Waals surface area contributed by atoms with Gasteiger partial charge in [-0.15, -0.1) is 0 Å². The van der Waals surface area contributed by atoms with E-state index in [0.717, 1.165) is 44.6 Å². The number of aryl methyl sites for hydroxylation is 1. The molecule has 3 rings (SSSR count). The van der Waals surface area contributed by atoms with E-state index in [2.05, 4.69) is 6.92 Å². The number of benzene rings is 2. The molecule has 1 aliphatic carbocycles. The molecule has 1 saturated carbocycles. The van der Waals surface area contributed by atoms with Crippen LogP contribution in [-0.4, -0.2) is 0 Å². The minimum Gasteiger partial charge on any atom is -0.208 e. The van der Waals surface area contributed by atoms with Crippen LogP contribution in [0.15, 0.2) is 24.0 Å². The van der Waals surface area contributed by atoms with Gasteiger partial charge >= 0.3 is 0 Å². The van der Waals surface area contributed by atoms with Crippen molar-refractivity contribution in [2.45, 2.75) is 78.1 Å². The second-order valence-corrected chi connectivity index (χ2v) is 8.81. The van der Waals surface area contributed by atoms with Gasteiger partial charge < -0.3 is 0 Å². The SMILES string of the molecule is CCCCCc1cc2ccc(C(F)=C(F)C3CCC(CCC)CC3)c(F)c2c(F)c1F. The Labute approximate surface area is 181 Å². The number of hydrogen-bond acceptors (Lipinski definition) is 0. The van der Waals surface area contributed by atoms with Crippen LogP contribution in [0.4, 0.5) is 22.0 Å². The summed E-state index contributed by atoms with van der Waals surface area (Å²) in [7, 11) is 0. The van der Waals surface area contributed by atoms with Crippen LogP contribution in [0.3, 0.4) is 0 Å². The van der Waals surface area contributed by atoms with E-state index in [1.165, 1.54) is 12.1 Å². The van der Waals surface area contributed by atoms with Crippen molar-refractivity contribution >= 4 is 16.6 Å². The summed E-state index contributed by atoms with van der Waals surface area (Å²) in [6.07, 6.45) is 7.67. The van der Waals surface area contributed by atoms with Crippen LogP contribution < -0.4 is 0 Å². The fourth-order valence-electron chi connectivity index (χ4n) is 4.77. The van der Waals surface area contributed by atoms with Gasteiger partial charge in [0, 0.05) is 11.5 Å². The molecule has 1 fully saturated rings. The molecule has 2 aromatic carbocycles. The Hall–Kier alpha value is -1.91. The molecule has 0 heterocycles. The molecular weight excluding hydrogens is 407 g/mol. The van der Waals surface area contributed by atoms with E-state index >= 15 is 4.39 Å². The molecule has 0 unspecified atom stereocenters. The summed E-state index contributed by atoms with van der Waals surface area (Å²) in [5.41, 5.74) is -0.464. The van der Waals surface area contributed by atoms with Crippen LogP contribution in [0.5, 0.6) is 0 Å². The van der Waals surface area contributed by atoms with Crippen molar-refractivity contribution in [3.05, 3.63) is 52.6 Å². The van der Waals surface area contributed by atoms with Crippen LogP contribution in [0.25, 0.3) is 16.6 Å². The average molecular weight is 439 g/mol. The molecule has 0 aromatic heterocycles. The summed E-state index contributed by atoms with van der Waals surface area (Å²) >= 11 is 0. The number of fused-ring (bicyclic) bond motifs is 1. The van der Waals surface area contributed by atoms with E-state index in [0.29, 0.717) is 31.6 Å². The predicted octanol–water partition coefficient (Wildman–Crippen LogP) is 9.20. The molecule has 0 aliphatic heterocycles. The van der Waals surface area contributed by atoms with Gasteiger partial charge in [0.05, 0.1) is 5.39 Å². The Morgan fingerprint density at radius 3 is 2.23 bits per heavy atom. The summed E-state index contributed by atoms with van der Waals surface area (Å²) in [6.45, 7) is 4.11. The second kappa shape index (κ2) is 10.6. The van der Waals surface area contributed by atoms with Crippen molar-refractivity contribution in [3.63, 3.8) is 0 Å². The molecule has 0 radical (unpaired) electrons. The van der Waals surface area contributed by atoms with Crippen molar-refractivity contribution in [2.24, 2.45) is 11.8 Å². The highest BCUT2D eigenvalue weighted by Crippen LogP contribution is 2.40. The number of allylic oxidation sites excluding steroid dienone is 1. The minimum absolute atomic E-state index is 0.153. The quantitative estimate of drug-likeness (QED) is 0.285. The monoisotopic (exact) mass is 438 g/mol. The number of unbranched alkanes of at least 4 members (excludes halogenated alkanes) is 2. The van der Waals surface area contributed by atoms with Gasteiger partial charge in [-0.1, -0.05) is 45.6 Å². The number of hydrogen-bond donors (Lipinski definition) is 0. The van der Waals surface area contributed by atoms with Crippen LogP contribution in [0.2, 0.25) is 0 Å². The zero-order valence-electron chi connectivity index (χ0n) is 18.3. The second-order valence-electron chi connectivity index (χ2n) is 8.81. The normalized spacial score (nSPS) is 20.2. The third-order valence-corrected chi connectivity index (χ3v) is 6.60. The van der Waals surface area contributed by atoms with E-state index in [4.69, 9.17) is 0 Å². The van der Waals surface area contributed by atoms with Gasteiger partial charge in [0.25, 0.3) is 0 Å². The lowest BCUT2D eigenvalue weighted by Gasteiger charge is -2.27. The number of rotatable bonds is 8. The van der Waals surface area contributed by atoms with E-state index in [9.17, 15) is 17.6 Å². The van der Waals surface area contributed by atoms with Crippen molar-refractivity contribution < 1.29 is 22.0 Å². The first-order chi connectivity index (χ1) is 14.9. The van der Waals surface area contributed by atoms with Crippen LogP contribution >= 0.6 is 0 Å². The lowest BCUT2D eigenvalue weighted by Crippen LogP contribution is -2.15. The van der Waals surface area contributed by atoms with Gasteiger partial charge in [0.15, 0.2) is 17.5 Å². The fraction of sp³-hybridized carbons (Fsp3) is 0.538. The smallest absolute Gasteiger partial charge is 0.169 e. The molecular formula is C26H31F5. The molecule has 0 saturated heterocycles. The summed E-state index contributed by atoms with van der Waals surface area (Å²) in [5.74, 6) is -6.05. The van der Waals surface area contributed by atoms with Gasteiger partial charge in [-0.25, -0.2) is 22.0 Å². The molecule has 0 atom stereocenters. The molecule has 1 aliphatic rings. The fourth-order valence-corrected chi connectivity index (χ4v) is 4.77. The average Bonchev–Trinajstić information content (AvgIpc) is 2.77. The zero-order valence-corrected chi connectivity index (χ0v) is 18.3. The van der Waals surface area contributed by atoms with Crippen molar-refractivity contribution in [1.29, 1.82) is 0 Å². The third-order valence-electron chi connectivity index (χ3n) is 6.60. The van der Waals surface area contributed by atoms with E-state index in [-0.39, 0.29) is 10.9 Å². The van der Waals surface area contributed by atoms with Gasteiger partial charge in [0.1, 0.15) is 11.6 Å². The van der Waals surface area contributed by atoms with Gasteiger partial charge in [0.2, 0.25) is 0 Å². The molecule has 0 N–H and O–H groups in total. The highest BCUT2D eigenvalue weighted by molar-refractivity contribution is 5.88. The largest absolute Gasteiger partial charge is 0.208 e. The van der Waals surface area contributed by atoms with E-state index < -0.39 is 46.0 Å². The zero-order chi connectivity index (χ0) is 22.5. The molecule has 31 heavy (non-hydrogen) atoms. The topological polar surface area (TPSA) is 0 Å². The Bertz CT molecular complexity index is 939. The van der Waals surface area contributed by atoms with Crippen molar-refractivity contribution in [2.75, 3.05) is 0 Å². The molecule has 5 heteroatoms. The van der Waals surface area contributed by atoms with Crippen LogP contribution in [0, 0.1) is 29.3 Å². The first kappa shape index (κ1) is 23.7. The first-order valence-corrected chi connectivity index (χ1v) is 11.5. The van der Waals surface area contributed by atoms with Crippen molar-refractivity contribution in [3.8, 4) is 0 Å². The molecule has 170 valence electrons. The number of halogens is 5. The lowest BCUT2D eigenvalue weighted by atomic mass is 9.79. The Kier molecular flexibility index (Phi) is 8.12. The van der Waals surface area contributed by atoms with Crippen LogP contribution in [0.1, 0.15) is 82.8 Å². The van der Waals surface area contributed by atoms with Crippen LogP contribution in [-0.2, 0) is 6.42 Å². The maximum Gasteiger partial charge on any atom is 0.169 e. The maximum absolute atomic E-state index is 15.0. The summed E-state index contributed by atoms with van der Waals surface area (Å²) in [4.78, 5) is 0. The van der Waals surface area contributed by atoms with Crippen molar-refractivity contribution in [1.82, 2.24) is 0 Å². The van der Waals surface area contributed by atoms with Gasteiger partial charge in [-0.05, 0) is 67.5 Å². The predicted molar refractivity (Wildman–Crippen MR) is 117 cm³/mol. The Morgan fingerprint density at radius 1 is 0.871 bits per heavy atom. The maximum atomic E-state index is 15.0. The van der Waals surface area contributed by atoms with E-state index in [1.807, 2.05) is 6.92 Å². The molecule has 2 aromatic rings. The van der Waals surface area contributed by atoms with Gasteiger partial charge in [-0.3, -0.25) is 0 Å². The lowest BCUT2D eigenvalue weighted by molar-refractivity contribution is 0.261.